The molecule has 1 aliphatic rings. The van der Waals surface area contributed by atoms with Crippen molar-refractivity contribution < 1.29 is 38.4 Å². The highest BCUT2D eigenvalue weighted by molar-refractivity contribution is 7.46. The second-order valence-electron chi connectivity index (χ2n) is 6.70. The van der Waals surface area contributed by atoms with E-state index in [2.05, 4.69) is 14.5 Å². The van der Waals surface area contributed by atoms with Crippen LogP contribution < -0.4 is 15.0 Å². The number of hydrogen-bond donors (Lipinski definition) is 5. The van der Waals surface area contributed by atoms with Crippen LogP contribution in [0.4, 0.5) is 5.95 Å². The number of fused-ring (bicyclic) bond motifs is 1. The lowest BCUT2D eigenvalue weighted by molar-refractivity contribution is -0.745. The van der Waals surface area contributed by atoms with Crippen molar-refractivity contribution in [2.75, 3.05) is 24.6 Å². The Kier molecular flexibility index (Phi) is 6.11. The molecule has 0 saturated carbocycles. The number of aryl methyl sites for hydroxylation is 1. The zero-order valence-electron chi connectivity index (χ0n) is 16.2. The lowest BCUT2D eigenvalue weighted by Crippen LogP contribution is -2.46. The van der Waals surface area contributed by atoms with Crippen LogP contribution in [-0.2, 0) is 20.9 Å². The normalized spacial score (nSPS) is 25.1. The summed E-state index contributed by atoms with van der Waals surface area (Å²) < 4.78 is 23.8. The van der Waals surface area contributed by atoms with Gasteiger partial charge in [0.25, 0.3) is 11.5 Å². The molecule has 0 amide bonds. The van der Waals surface area contributed by atoms with Crippen molar-refractivity contribution in [1.29, 1.82) is 0 Å². The number of nitrogens with one attached hydrogen (secondary N) is 1. The molecule has 3 heterocycles. The average Bonchev–Trinajstić information content (AvgIpc) is 3.11. The van der Waals surface area contributed by atoms with Gasteiger partial charge in [0.1, 0.15) is 18.3 Å². The van der Waals surface area contributed by atoms with Crippen LogP contribution in [-0.4, -0.2) is 72.5 Å². The van der Waals surface area contributed by atoms with E-state index in [1.165, 1.54) is 15.5 Å². The van der Waals surface area contributed by atoms with Crippen LogP contribution in [0, 0.1) is 0 Å². The van der Waals surface area contributed by atoms with Crippen LogP contribution >= 0.6 is 7.82 Å². The van der Waals surface area contributed by atoms with E-state index < -0.39 is 39.0 Å². The van der Waals surface area contributed by atoms with E-state index in [-0.39, 0.29) is 16.7 Å². The molecule has 5 N–H and O–H groups in total. The fraction of sp³-hybridized carbons (Fsp3) is 0.667. The zero-order chi connectivity index (χ0) is 21.5. The molecule has 3 rings (SSSR count). The minimum Gasteiger partial charge on any atom is -0.387 e. The Balaban J connectivity index is 2.01. The molecule has 14 heteroatoms. The van der Waals surface area contributed by atoms with E-state index in [1.54, 1.807) is 7.05 Å². The first-order chi connectivity index (χ1) is 13.6. The topological polar surface area (TPSA) is 174 Å². The van der Waals surface area contributed by atoms with Crippen LogP contribution in [0.2, 0.25) is 0 Å². The molecule has 4 atom stereocenters. The van der Waals surface area contributed by atoms with Crippen molar-refractivity contribution in [2.24, 2.45) is 7.05 Å². The van der Waals surface area contributed by atoms with Crippen LogP contribution in [0.3, 0.4) is 0 Å². The molecule has 2 aromatic rings. The largest absolute Gasteiger partial charge is 0.469 e. The number of imidazole rings is 1. The molecule has 1 aliphatic heterocycles. The number of aliphatic hydroxyl groups excluding tert-OH is 2. The number of H-pyrrole nitrogens is 1. The predicted octanol–water partition coefficient (Wildman–Crippen LogP) is -1.88. The number of anilines is 1. The molecule has 13 nitrogen and oxygen atoms in total. The Bertz CT molecular complexity index is 983. The number of ether oxygens (including phenoxy) is 1. The fourth-order valence-corrected chi connectivity index (χ4v) is 3.71. The van der Waals surface area contributed by atoms with Gasteiger partial charge in [-0.05, 0) is 13.8 Å². The Hall–Kier alpha value is -1.86. The molecule has 162 valence electrons. The highest BCUT2D eigenvalue weighted by Crippen LogP contribution is 2.37. The zero-order valence-corrected chi connectivity index (χ0v) is 17.1. The maximum atomic E-state index is 12.6. The van der Waals surface area contributed by atoms with Gasteiger partial charge in [0, 0.05) is 13.1 Å². The van der Waals surface area contributed by atoms with Gasteiger partial charge in [-0.15, -0.1) is 0 Å². The second kappa shape index (κ2) is 8.11. The van der Waals surface area contributed by atoms with Gasteiger partial charge in [-0.2, -0.15) is 0 Å². The molecule has 0 spiro atoms. The molecule has 0 aliphatic carbocycles. The number of hydrogen-bond acceptors (Lipinski definition) is 8. The Morgan fingerprint density at radius 1 is 1.34 bits per heavy atom. The van der Waals surface area contributed by atoms with Crippen LogP contribution in [0.25, 0.3) is 11.2 Å². The lowest BCUT2D eigenvalue weighted by atomic mass is 10.1. The summed E-state index contributed by atoms with van der Waals surface area (Å²) in [4.78, 5) is 39.4. The number of phosphoric acid groups is 1. The highest BCUT2D eigenvalue weighted by atomic mass is 31.2. The third-order valence-electron chi connectivity index (χ3n) is 4.84. The van der Waals surface area contributed by atoms with E-state index in [0.29, 0.717) is 19.0 Å². The summed E-state index contributed by atoms with van der Waals surface area (Å²) in [5.74, 6) is 0.349. The molecular weight excluding hydrogens is 409 g/mol. The Morgan fingerprint density at radius 2 is 2.00 bits per heavy atom. The van der Waals surface area contributed by atoms with Crippen molar-refractivity contribution in [3.63, 3.8) is 0 Å². The molecule has 1 fully saturated rings. The summed E-state index contributed by atoms with van der Waals surface area (Å²) in [6.07, 6.45) is -3.73. The van der Waals surface area contributed by atoms with Gasteiger partial charge < -0.3 is 29.6 Å². The van der Waals surface area contributed by atoms with Crippen molar-refractivity contribution in [3.05, 3.63) is 16.7 Å². The number of phosphoric ester groups is 1. The Labute approximate surface area is 165 Å². The number of aliphatic hydroxyl groups is 2. The minimum absolute atomic E-state index is 0.228. The van der Waals surface area contributed by atoms with Gasteiger partial charge in [-0.25, -0.2) is 9.13 Å². The summed E-state index contributed by atoms with van der Waals surface area (Å²) in [6, 6.07) is 0. The summed E-state index contributed by atoms with van der Waals surface area (Å²) in [7, 11) is -3.15. The third-order valence-corrected chi connectivity index (χ3v) is 5.33. The fourth-order valence-electron chi connectivity index (χ4n) is 3.37. The smallest absolute Gasteiger partial charge is 0.387 e. The average molecular weight is 434 g/mol. The van der Waals surface area contributed by atoms with E-state index in [9.17, 15) is 19.6 Å². The van der Waals surface area contributed by atoms with Crippen LogP contribution in [0.1, 0.15) is 20.1 Å². The monoisotopic (exact) mass is 434 g/mol. The van der Waals surface area contributed by atoms with Crippen molar-refractivity contribution in [2.45, 2.75) is 38.4 Å². The van der Waals surface area contributed by atoms with E-state index >= 15 is 0 Å². The predicted molar refractivity (Wildman–Crippen MR) is 99.0 cm³/mol. The molecule has 0 radical (unpaired) electrons. The molecule has 0 unspecified atom stereocenters. The van der Waals surface area contributed by atoms with Gasteiger partial charge >= 0.3 is 13.5 Å². The first kappa shape index (κ1) is 21.8. The number of nitrogens with zero attached hydrogens (tertiary/aromatic N) is 4. The van der Waals surface area contributed by atoms with Gasteiger partial charge in [0.05, 0.1) is 13.7 Å². The molecule has 0 aromatic carbocycles. The maximum absolute atomic E-state index is 12.6. The Morgan fingerprint density at radius 3 is 2.59 bits per heavy atom. The number of aromatic nitrogens is 4. The van der Waals surface area contributed by atoms with E-state index in [0.717, 1.165) is 0 Å². The van der Waals surface area contributed by atoms with E-state index in [4.69, 9.17) is 14.5 Å². The molecular formula is C15H25N5O8P+. The molecule has 1 saturated heterocycles. The standard InChI is InChI=1S/C15H24N5O8P/c1-4-19(5-2)15-16-12-9(13(23)17-15)18(3)7-20(12)14-11(22)10(21)8(28-14)6-27-29(24,25)26/h7-8,10-11,14,21-22H,4-6H2,1-3H3,(H2-,16,17,23,24,25,26)/p+1/t8-,10-,11-,14-/m1/s1. The number of rotatable bonds is 7. The van der Waals surface area contributed by atoms with Gasteiger partial charge in [0.15, 0.2) is 6.33 Å². The quantitative estimate of drug-likeness (QED) is 0.245. The van der Waals surface area contributed by atoms with E-state index in [1.807, 2.05) is 18.7 Å². The van der Waals surface area contributed by atoms with Gasteiger partial charge in [-0.1, -0.05) is 4.98 Å². The van der Waals surface area contributed by atoms with Gasteiger partial charge in [0.2, 0.25) is 11.7 Å². The van der Waals surface area contributed by atoms with Crippen molar-refractivity contribution >= 4 is 24.9 Å². The molecule has 2 aromatic heterocycles. The summed E-state index contributed by atoms with van der Waals surface area (Å²) in [5.41, 5.74) is 0.0830. The van der Waals surface area contributed by atoms with Crippen molar-refractivity contribution in [3.8, 4) is 0 Å². The van der Waals surface area contributed by atoms with Crippen LogP contribution in [0.5, 0.6) is 0 Å². The highest BCUT2D eigenvalue weighted by Gasteiger charge is 2.47. The summed E-state index contributed by atoms with van der Waals surface area (Å²) in [5, 5.41) is 20.7. The second-order valence-corrected chi connectivity index (χ2v) is 7.94. The SMILES string of the molecule is CCN(CC)c1nc2c(c(=O)[nH]1)n(C)c[n+]2[C@@H]1O[C@H](COP(=O)(O)O)[C@@H](O)[C@H]1O. The summed E-state index contributed by atoms with van der Waals surface area (Å²) >= 11 is 0. The lowest BCUT2D eigenvalue weighted by Gasteiger charge is -2.16. The third kappa shape index (κ3) is 4.21. The summed E-state index contributed by atoms with van der Waals surface area (Å²) in [6.45, 7) is 4.43. The maximum Gasteiger partial charge on any atom is 0.469 e. The van der Waals surface area contributed by atoms with Crippen LogP contribution in [0.15, 0.2) is 11.1 Å². The minimum atomic E-state index is -4.77. The molecule has 0 bridgehead atoms. The van der Waals surface area contributed by atoms with Gasteiger partial charge in [-0.3, -0.25) is 18.9 Å². The van der Waals surface area contributed by atoms with Crippen molar-refractivity contribution in [1.82, 2.24) is 14.5 Å². The first-order valence-corrected chi connectivity index (χ1v) is 10.6. The molecule has 29 heavy (non-hydrogen) atoms. The number of aromatic amines is 1. The first-order valence-electron chi connectivity index (χ1n) is 9.04.